The number of aryl methyl sites for hydroxylation is 2. The topological polar surface area (TPSA) is 111 Å². The molecule has 3 rings (SSSR count). The molecule has 3 aromatic heterocycles. The molecule has 0 aliphatic heterocycles. The van der Waals surface area contributed by atoms with Crippen molar-refractivity contribution in [3.8, 4) is 10.7 Å². The Morgan fingerprint density at radius 3 is 2.73 bits per heavy atom. The minimum atomic E-state index is -3.75. The lowest BCUT2D eigenvalue weighted by Gasteiger charge is -2.03. The number of sulfonamides is 1. The first-order valence-electron chi connectivity index (χ1n) is 6.26. The van der Waals surface area contributed by atoms with Gasteiger partial charge in [0.25, 0.3) is 0 Å². The zero-order valence-corrected chi connectivity index (χ0v) is 13.4. The molecule has 8 nitrogen and oxygen atoms in total. The Labute approximate surface area is 130 Å². The van der Waals surface area contributed by atoms with Crippen molar-refractivity contribution in [3.05, 3.63) is 34.9 Å². The van der Waals surface area contributed by atoms with E-state index in [1.807, 2.05) is 17.5 Å². The van der Waals surface area contributed by atoms with Crippen molar-refractivity contribution in [2.24, 2.45) is 0 Å². The number of aromatic nitrogens is 3. The van der Waals surface area contributed by atoms with Gasteiger partial charge in [-0.15, -0.1) is 11.3 Å². The molecule has 0 spiro atoms. The van der Waals surface area contributed by atoms with Crippen molar-refractivity contribution in [2.75, 3.05) is 0 Å². The largest absolute Gasteiger partial charge is 0.360 e. The SMILES string of the molecule is Cc1noc(C)c1S(=O)(=O)NCc1nc(-c2cccs2)no1. The summed E-state index contributed by atoms with van der Waals surface area (Å²) >= 11 is 1.47. The Morgan fingerprint density at radius 2 is 2.09 bits per heavy atom. The molecule has 0 unspecified atom stereocenters. The van der Waals surface area contributed by atoms with Crippen LogP contribution in [0.3, 0.4) is 0 Å². The van der Waals surface area contributed by atoms with Gasteiger partial charge in [0, 0.05) is 0 Å². The van der Waals surface area contributed by atoms with E-state index in [0.717, 1.165) is 4.88 Å². The highest BCUT2D eigenvalue weighted by Gasteiger charge is 2.24. The van der Waals surface area contributed by atoms with E-state index in [2.05, 4.69) is 20.0 Å². The fourth-order valence-corrected chi connectivity index (χ4v) is 3.87. The first-order chi connectivity index (χ1) is 10.5. The molecule has 0 aliphatic carbocycles. The van der Waals surface area contributed by atoms with Crippen molar-refractivity contribution in [3.63, 3.8) is 0 Å². The van der Waals surface area contributed by atoms with Crippen LogP contribution in [0.15, 0.2) is 31.5 Å². The molecule has 10 heteroatoms. The van der Waals surface area contributed by atoms with Crippen molar-refractivity contribution >= 4 is 21.4 Å². The second-order valence-corrected chi connectivity index (χ2v) is 7.12. The van der Waals surface area contributed by atoms with E-state index < -0.39 is 10.0 Å². The van der Waals surface area contributed by atoms with E-state index in [1.165, 1.54) is 18.3 Å². The molecule has 22 heavy (non-hydrogen) atoms. The van der Waals surface area contributed by atoms with Gasteiger partial charge < -0.3 is 9.05 Å². The molecule has 1 N–H and O–H groups in total. The van der Waals surface area contributed by atoms with Crippen molar-refractivity contribution in [1.29, 1.82) is 0 Å². The van der Waals surface area contributed by atoms with Crippen LogP contribution in [0.5, 0.6) is 0 Å². The van der Waals surface area contributed by atoms with Gasteiger partial charge in [0.1, 0.15) is 10.6 Å². The maximum atomic E-state index is 12.2. The van der Waals surface area contributed by atoms with Gasteiger partial charge in [0.15, 0.2) is 5.76 Å². The van der Waals surface area contributed by atoms with Crippen LogP contribution < -0.4 is 4.72 Å². The first-order valence-corrected chi connectivity index (χ1v) is 8.62. The third-order valence-electron chi connectivity index (χ3n) is 2.86. The average Bonchev–Trinajstić information content (AvgIpc) is 3.17. The summed E-state index contributed by atoms with van der Waals surface area (Å²) in [6.07, 6.45) is 0. The Morgan fingerprint density at radius 1 is 1.27 bits per heavy atom. The van der Waals surface area contributed by atoms with Crippen LogP contribution in [-0.4, -0.2) is 23.7 Å². The zero-order chi connectivity index (χ0) is 15.7. The Balaban J connectivity index is 1.75. The standard InChI is InChI=1S/C12H12N4O4S2/c1-7-11(8(2)19-15-7)22(17,18)13-6-10-14-12(16-20-10)9-4-3-5-21-9/h3-5,13H,6H2,1-2H3. The maximum absolute atomic E-state index is 12.2. The third kappa shape index (κ3) is 2.80. The van der Waals surface area contributed by atoms with Gasteiger partial charge in [-0.05, 0) is 25.3 Å². The molecule has 0 amide bonds. The van der Waals surface area contributed by atoms with E-state index in [0.29, 0.717) is 11.5 Å². The van der Waals surface area contributed by atoms with Crippen LogP contribution in [0.2, 0.25) is 0 Å². The minimum absolute atomic E-state index is 0.0329. The van der Waals surface area contributed by atoms with Crippen LogP contribution >= 0.6 is 11.3 Å². The fourth-order valence-electron chi connectivity index (χ4n) is 1.92. The summed E-state index contributed by atoms with van der Waals surface area (Å²) in [6, 6.07) is 3.73. The molecular weight excluding hydrogens is 328 g/mol. The second-order valence-electron chi connectivity index (χ2n) is 4.47. The fraction of sp³-hybridized carbons (Fsp3) is 0.250. The van der Waals surface area contributed by atoms with Crippen LogP contribution in [0.1, 0.15) is 17.3 Å². The monoisotopic (exact) mass is 340 g/mol. The summed E-state index contributed by atoms with van der Waals surface area (Å²) in [6.45, 7) is 2.99. The Hall–Kier alpha value is -2.04. The van der Waals surface area contributed by atoms with E-state index in [1.54, 1.807) is 6.92 Å². The summed E-state index contributed by atoms with van der Waals surface area (Å²) in [5, 5.41) is 9.34. The molecule has 0 atom stereocenters. The van der Waals surface area contributed by atoms with E-state index in [9.17, 15) is 8.42 Å². The van der Waals surface area contributed by atoms with E-state index >= 15 is 0 Å². The van der Waals surface area contributed by atoms with Gasteiger partial charge in [-0.25, -0.2) is 13.1 Å². The van der Waals surface area contributed by atoms with Crippen molar-refractivity contribution in [1.82, 2.24) is 20.0 Å². The average molecular weight is 340 g/mol. The number of nitrogens with zero attached hydrogens (tertiary/aromatic N) is 3. The van der Waals surface area contributed by atoms with Gasteiger partial charge >= 0.3 is 0 Å². The molecular formula is C12H12N4O4S2. The summed E-state index contributed by atoms with van der Waals surface area (Å²) < 4.78 is 36.8. The summed E-state index contributed by atoms with van der Waals surface area (Å²) in [5.74, 6) is 0.843. The third-order valence-corrected chi connectivity index (χ3v) is 5.37. The molecule has 0 saturated carbocycles. The second kappa shape index (κ2) is 5.63. The van der Waals surface area contributed by atoms with Gasteiger partial charge in [0.05, 0.1) is 11.4 Å². The quantitative estimate of drug-likeness (QED) is 0.754. The lowest BCUT2D eigenvalue weighted by Crippen LogP contribution is -2.24. The van der Waals surface area contributed by atoms with Crippen LogP contribution in [0.25, 0.3) is 10.7 Å². The number of hydrogen-bond donors (Lipinski definition) is 1. The summed E-state index contributed by atoms with van der Waals surface area (Å²) in [5.41, 5.74) is 0.301. The molecule has 0 bridgehead atoms. The maximum Gasteiger partial charge on any atom is 0.246 e. The first kappa shape index (κ1) is 14.9. The molecule has 0 saturated heterocycles. The Bertz CT molecular complexity index is 861. The van der Waals surface area contributed by atoms with Crippen LogP contribution in [0, 0.1) is 13.8 Å². The van der Waals surface area contributed by atoms with E-state index in [-0.39, 0.29) is 23.1 Å². The van der Waals surface area contributed by atoms with Gasteiger partial charge in [0.2, 0.25) is 21.7 Å². The highest BCUT2D eigenvalue weighted by molar-refractivity contribution is 7.89. The van der Waals surface area contributed by atoms with Crippen molar-refractivity contribution < 1.29 is 17.5 Å². The highest BCUT2D eigenvalue weighted by Crippen LogP contribution is 2.22. The summed E-state index contributed by atoms with van der Waals surface area (Å²) in [7, 11) is -3.75. The predicted octanol–water partition coefficient (Wildman–Crippen LogP) is 1.88. The smallest absolute Gasteiger partial charge is 0.246 e. The van der Waals surface area contributed by atoms with Gasteiger partial charge in [-0.3, -0.25) is 0 Å². The zero-order valence-electron chi connectivity index (χ0n) is 11.7. The normalized spacial score (nSPS) is 11.9. The molecule has 3 heterocycles. The molecule has 0 radical (unpaired) electrons. The predicted molar refractivity (Wildman–Crippen MR) is 77.6 cm³/mol. The number of hydrogen-bond acceptors (Lipinski definition) is 8. The molecule has 0 fully saturated rings. The number of nitrogens with one attached hydrogen (secondary N) is 1. The minimum Gasteiger partial charge on any atom is -0.360 e. The van der Waals surface area contributed by atoms with Gasteiger partial charge in [-0.2, -0.15) is 4.98 Å². The number of thiophene rings is 1. The molecule has 0 aliphatic rings. The number of rotatable bonds is 5. The van der Waals surface area contributed by atoms with Crippen LogP contribution in [-0.2, 0) is 16.6 Å². The van der Waals surface area contributed by atoms with Crippen LogP contribution in [0.4, 0.5) is 0 Å². The van der Waals surface area contributed by atoms with E-state index in [4.69, 9.17) is 9.05 Å². The Kier molecular flexibility index (Phi) is 3.81. The molecule has 116 valence electrons. The highest BCUT2D eigenvalue weighted by atomic mass is 32.2. The molecule has 3 aromatic rings. The van der Waals surface area contributed by atoms with Gasteiger partial charge in [-0.1, -0.05) is 16.4 Å². The lowest BCUT2D eigenvalue weighted by atomic mass is 10.4. The summed E-state index contributed by atoms with van der Waals surface area (Å²) in [4.78, 5) is 5.03. The van der Waals surface area contributed by atoms with Crippen molar-refractivity contribution in [2.45, 2.75) is 25.3 Å². The molecule has 0 aromatic carbocycles. The lowest BCUT2D eigenvalue weighted by molar-refractivity contribution is 0.375.